The van der Waals surface area contributed by atoms with Gasteiger partial charge in [-0.2, -0.15) is 0 Å². The largest absolute Gasteiger partial charge is 0.465 e. The monoisotopic (exact) mass is 286 g/mol. The smallest absolute Gasteiger partial charge is 0.319 e. The predicted octanol–water partition coefficient (Wildman–Crippen LogP) is 2.49. The standard InChI is InChI=1S/C7H12Br2O2/c1-2-11-7(10)6(9)4-3-5-8/h6H,2-5H2,1H3. The molecule has 0 aliphatic carbocycles. The van der Waals surface area contributed by atoms with Crippen LogP contribution in [0.5, 0.6) is 0 Å². The molecule has 0 aliphatic heterocycles. The molecule has 0 aliphatic rings. The molecule has 0 fully saturated rings. The van der Waals surface area contributed by atoms with E-state index in [-0.39, 0.29) is 10.8 Å². The zero-order chi connectivity index (χ0) is 8.69. The third-order valence-corrected chi connectivity index (χ3v) is 2.53. The van der Waals surface area contributed by atoms with E-state index in [1.807, 2.05) is 6.92 Å². The van der Waals surface area contributed by atoms with E-state index in [2.05, 4.69) is 31.9 Å². The van der Waals surface area contributed by atoms with Gasteiger partial charge in [0.25, 0.3) is 0 Å². The number of esters is 1. The number of carbonyl (C=O) groups is 1. The van der Waals surface area contributed by atoms with Gasteiger partial charge >= 0.3 is 5.97 Å². The summed E-state index contributed by atoms with van der Waals surface area (Å²) in [5.41, 5.74) is 0. The van der Waals surface area contributed by atoms with Gasteiger partial charge in [-0.3, -0.25) is 4.79 Å². The molecule has 0 N–H and O–H groups in total. The minimum atomic E-state index is -0.159. The molecule has 0 saturated heterocycles. The third-order valence-electron chi connectivity index (χ3n) is 1.13. The van der Waals surface area contributed by atoms with Crippen LogP contribution < -0.4 is 0 Å². The summed E-state index contributed by atoms with van der Waals surface area (Å²) in [4.78, 5) is 10.8. The Morgan fingerprint density at radius 3 is 2.73 bits per heavy atom. The molecule has 1 atom stereocenters. The maximum atomic E-state index is 11.0. The van der Waals surface area contributed by atoms with Crippen LogP contribution in [0.25, 0.3) is 0 Å². The molecule has 0 amide bonds. The lowest BCUT2D eigenvalue weighted by atomic mass is 10.2. The van der Waals surface area contributed by atoms with Crippen LogP contribution >= 0.6 is 31.9 Å². The molecule has 4 heteroatoms. The molecule has 0 heterocycles. The quantitative estimate of drug-likeness (QED) is 0.574. The summed E-state index contributed by atoms with van der Waals surface area (Å²) in [6.45, 7) is 2.26. The Morgan fingerprint density at radius 1 is 1.64 bits per heavy atom. The summed E-state index contributed by atoms with van der Waals surface area (Å²) in [7, 11) is 0. The number of hydrogen-bond acceptors (Lipinski definition) is 2. The van der Waals surface area contributed by atoms with Gasteiger partial charge in [-0.25, -0.2) is 0 Å². The molecule has 11 heavy (non-hydrogen) atoms. The topological polar surface area (TPSA) is 26.3 Å². The van der Waals surface area contributed by atoms with E-state index >= 15 is 0 Å². The second-order valence-electron chi connectivity index (χ2n) is 2.05. The number of halogens is 2. The highest BCUT2D eigenvalue weighted by Gasteiger charge is 2.14. The van der Waals surface area contributed by atoms with Gasteiger partial charge in [0.05, 0.1) is 6.61 Å². The molecule has 1 unspecified atom stereocenters. The van der Waals surface area contributed by atoms with Crippen molar-refractivity contribution >= 4 is 37.8 Å². The third kappa shape index (κ3) is 5.67. The molecule has 0 rings (SSSR count). The van der Waals surface area contributed by atoms with E-state index < -0.39 is 0 Å². The van der Waals surface area contributed by atoms with E-state index in [1.165, 1.54) is 0 Å². The minimum absolute atomic E-state index is 0.139. The zero-order valence-electron chi connectivity index (χ0n) is 6.48. The van der Waals surface area contributed by atoms with Crippen molar-refractivity contribution in [2.24, 2.45) is 0 Å². The molecule has 0 saturated carbocycles. The summed E-state index contributed by atoms with van der Waals surface area (Å²) >= 11 is 6.54. The van der Waals surface area contributed by atoms with Crippen LogP contribution in [-0.4, -0.2) is 22.7 Å². The first-order valence-electron chi connectivity index (χ1n) is 3.59. The number of carbonyl (C=O) groups excluding carboxylic acids is 1. The van der Waals surface area contributed by atoms with Crippen molar-refractivity contribution < 1.29 is 9.53 Å². The van der Waals surface area contributed by atoms with Gasteiger partial charge in [0, 0.05) is 5.33 Å². The van der Waals surface area contributed by atoms with Crippen molar-refractivity contribution in [3.63, 3.8) is 0 Å². The number of hydrogen-bond donors (Lipinski definition) is 0. The molecule has 0 radical (unpaired) electrons. The second kappa shape index (κ2) is 7.10. The van der Waals surface area contributed by atoms with Gasteiger partial charge in [-0.1, -0.05) is 31.9 Å². The van der Waals surface area contributed by atoms with Crippen molar-refractivity contribution in [3.05, 3.63) is 0 Å². The van der Waals surface area contributed by atoms with Crippen LogP contribution in [-0.2, 0) is 9.53 Å². The first kappa shape index (κ1) is 11.4. The fourth-order valence-electron chi connectivity index (χ4n) is 0.607. The van der Waals surface area contributed by atoms with Gasteiger partial charge in [0.15, 0.2) is 0 Å². The molecule has 0 bridgehead atoms. The molecule has 0 aromatic heterocycles. The fourth-order valence-corrected chi connectivity index (χ4v) is 1.39. The summed E-state index contributed by atoms with van der Waals surface area (Å²) in [6.07, 6.45) is 1.80. The fraction of sp³-hybridized carbons (Fsp3) is 0.857. The van der Waals surface area contributed by atoms with Crippen LogP contribution in [0.15, 0.2) is 0 Å². The van der Waals surface area contributed by atoms with Crippen LogP contribution in [0.1, 0.15) is 19.8 Å². The van der Waals surface area contributed by atoms with Crippen LogP contribution in [0.4, 0.5) is 0 Å². The first-order valence-corrected chi connectivity index (χ1v) is 5.62. The normalized spacial score (nSPS) is 12.6. The van der Waals surface area contributed by atoms with Gasteiger partial charge in [-0.15, -0.1) is 0 Å². The summed E-state index contributed by atoms with van der Waals surface area (Å²) in [6, 6.07) is 0. The van der Waals surface area contributed by atoms with Crippen LogP contribution in [0.2, 0.25) is 0 Å². The molecule has 2 nitrogen and oxygen atoms in total. The lowest BCUT2D eigenvalue weighted by Gasteiger charge is -2.06. The Balaban J connectivity index is 3.46. The van der Waals surface area contributed by atoms with Crippen molar-refractivity contribution in [2.75, 3.05) is 11.9 Å². The minimum Gasteiger partial charge on any atom is -0.465 e. The molecule has 0 aromatic rings. The highest BCUT2D eigenvalue weighted by atomic mass is 79.9. The number of rotatable bonds is 5. The van der Waals surface area contributed by atoms with Crippen LogP contribution in [0.3, 0.4) is 0 Å². The van der Waals surface area contributed by atoms with Crippen molar-refractivity contribution in [1.82, 2.24) is 0 Å². The second-order valence-corrected chi connectivity index (χ2v) is 3.95. The van der Waals surface area contributed by atoms with E-state index in [9.17, 15) is 4.79 Å². The SMILES string of the molecule is CCOC(=O)C(Br)CCCBr. The summed E-state index contributed by atoms with van der Waals surface area (Å²) in [5, 5.41) is 0.925. The maximum Gasteiger partial charge on any atom is 0.319 e. The summed E-state index contributed by atoms with van der Waals surface area (Å²) in [5.74, 6) is -0.159. The van der Waals surface area contributed by atoms with Crippen molar-refractivity contribution in [2.45, 2.75) is 24.6 Å². The lowest BCUT2D eigenvalue weighted by molar-refractivity contribution is -0.142. The van der Waals surface area contributed by atoms with Gasteiger partial charge in [0.1, 0.15) is 4.83 Å². The molecule has 0 aromatic carbocycles. The van der Waals surface area contributed by atoms with E-state index in [0.717, 1.165) is 18.2 Å². The Kier molecular flexibility index (Phi) is 7.38. The van der Waals surface area contributed by atoms with Gasteiger partial charge in [-0.05, 0) is 19.8 Å². The van der Waals surface area contributed by atoms with E-state index in [0.29, 0.717) is 6.61 Å². The molecule has 0 spiro atoms. The zero-order valence-corrected chi connectivity index (χ0v) is 9.65. The van der Waals surface area contributed by atoms with Crippen LogP contribution in [0, 0.1) is 0 Å². The van der Waals surface area contributed by atoms with E-state index in [4.69, 9.17) is 4.74 Å². The summed E-state index contributed by atoms with van der Waals surface area (Å²) < 4.78 is 4.80. The highest BCUT2D eigenvalue weighted by Crippen LogP contribution is 2.10. The highest BCUT2D eigenvalue weighted by molar-refractivity contribution is 9.10. The molecule has 66 valence electrons. The average molecular weight is 288 g/mol. The van der Waals surface area contributed by atoms with Gasteiger partial charge in [0.2, 0.25) is 0 Å². The predicted molar refractivity (Wildman–Crippen MR) is 52.4 cm³/mol. The Hall–Kier alpha value is 0.430. The lowest BCUT2D eigenvalue weighted by Crippen LogP contribution is -2.17. The maximum absolute atomic E-state index is 11.0. The number of ether oxygens (including phenoxy) is 1. The number of alkyl halides is 2. The Morgan fingerprint density at radius 2 is 2.27 bits per heavy atom. The Bertz CT molecular complexity index is 117. The Labute approximate surface area is 83.9 Å². The first-order chi connectivity index (χ1) is 5.22. The van der Waals surface area contributed by atoms with Gasteiger partial charge < -0.3 is 4.74 Å². The van der Waals surface area contributed by atoms with Crippen molar-refractivity contribution in [1.29, 1.82) is 0 Å². The van der Waals surface area contributed by atoms with E-state index in [1.54, 1.807) is 0 Å². The molecular weight excluding hydrogens is 276 g/mol. The molecular formula is C7H12Br2O2. The average Bonchev–Trinajstić information content (AvgIpc) is 2.00. The van der Waals surface area contributed by atoms with Crippen molar-refractivity contribution in [3.8, 4) is 0 Å².